The first-order chi connectivity index (χ1) is 16.3. The zero-order valence-corrected chi connectivity index (χ0v) is 20.0. The summed E-state index contributed by atoms with van der Waals surface area (Å²) in [6.07, 6.45) is -5.17. The largest absolute Gasteiger partial charge is 0.416 e. The average molecular weight is 497 g/mol. The van der Waals surface area contributed by atoms with Crippen LogP contribution in [0.2, 0.25) is 0 Å². The highest BCUT2D eigenvalue weighted by molar-refractivity contribution is 7.99. The molecule has 5 nitrogen and oxygen atoms in total. The number of aliphatic hydroxyl groups excluding tert-OH is 2. The maximum absolute atomic E-state index is 13.6. The topological polar surface area (TPSA) is 56.2 Å². The Kier molecular flexibility index (Phi) is 7.91. The van der Waals surface area contributed by atoms with Crippen LogP contribution in [0.15, 0.2) is 52.3 Å². The first-order valence-electron chi connectivity index (χ1n) is 11.7. The molecular weight excluding hydrogens is 465 g/mol. The van der Waals surface area contributed by atoms with Gasteiger partial charge in [0.2, 0.25) is 0 Å². The van der Waals surface area contributed by atoms with Crippen LogP contribution in [0.25, 0.3) is 0 Å². The van der Waals surface area contributed by atoms with Gasteiger partial charge in [-0.1, -0.05) is 30.0 Å². The fourth-order valence-electron chi connectivity index (χ4n) is 4.94. The van der Waals surface area contributed by atoms with E-state index in [1.165, 1.54) is 17.8 Å². The predicted octanol–water partition coefficient (Wildman–Crippen LogP) is 3.81. The molecule has 0 aliphatic carbocycles. The fourth-order valence-corrected chi connectivity index (χ4v) is 6.11. The number of β-amino-alcohol motifs (C(OH)–C–C–N with tert-alkyl or cyclic N) is 1. The first-order valence-corrected chi connectivity index (χ1v) is 12.5. The van der Waals surface area contributed by atoms with Crippen molar-refractivity contribution in [2.45, 2.75) is 41.0 Å². The second kappa shape index (κ2) is 10.6. The number of alkyl halides is 3. The van der Waals surface area contributed by atoms with Gasteiger partial charge in [-0.05, 0) is 37.6 Å². The molecule has 2 heterocycles. The van der Waals surface area contributed by atoms with Crippen LogP contribution in [0.4, 0.5) is 13.2 Å². The molecule has 186 valence electrons. The van der Waals surface area contributed by atoms with Gasteiger partial charge in [0, 0.05) is 66.8 Å². The zero-order valence-electron chi connectivity index (χ0n) is 19.2. The van der Waals surface area contributed by atoms with E-state index < -0.39 is 23.4 Å². The van der Waals surface area contributed by atoms with Crippen molar-refractivity contribution < 1.29 is 28.1 Å². The Labute approximate surface area is 202 Å². The SMILES string of the molecule is CCOC1(C(O)CCN2CCN(CCO)CC2)c2ccccc2Sc2ccc(C(F)(F)F)cc21. The summed E-state index contributed by atoms with van der Waals surface area (Å²) >= 11 is 1.40. The number of halogens is 3. The van der Waals surface area contributed by atoms with Gasteiger partial charge < -0.3 is 19.8 Å². The Morgan fingerprint density at radius 3 is 2.29 bits per heavy atom. The van der Waals surface area contributed by atoms with Gasteiger partial charge in [0.15, 0.2) is 0 Å². The van der Waals surface area contributed by atoms with Crippen LogP contribution >= 0.6 is 11.8 Å². The molecule has 2 aromatic rings. The van der Waals surface area contributed by atoms with Crippen molar-refractivity contribution in [1.82, 2.24) is 9.80 Å². The molecule has 2 aliphatic heterocycles. The fraction of sp³-hybridized carbons (Fsp3) is 0.520. The molecule has 2 unspecified atom stereocenters. The van der Waals surface area contributed by atoms with Gasteiger partial charge in [0.25, 0.3) is 0 Å². The molecule has 34 heavy (non-hydrogen) atoms. The lowest BCUT2D eigenvalue weighted by atomic mass is 9.78. The van der Waals surface area contributed by atoms with Crippen LogP contribution in [0.1, 0.15) is 30.0 Å². The summed E-state index contributed by atoms with van der Waals surface area (Å²) in [4.78, 5) is 5.97. The minimum atomic E-state index is -4.49. The van der Waals surface area contributed by atoms with E-state index in [1.54, 1.807) is 6.92 Å². The lowest BCUT2D eigenvalue weighted by Gasteiger charge is -2.44. The van der Waals surface area contributed by atoms with Gasteiger partial charge in [0.1, 0.15) is 5.60 Å². The summed E-state index contributed by atoms with van der Waals surface area (Å²) in [7, 11) is 0. The Bertz CT molecular complexity index is 982. The molecule has 0 amide bonds. The molecule has 0 saturated carbocycles. The smallest absolute Gasteiger partial charge is 0.395 e. The van der Waals surface area contributed by atoms with Crippen molar-refractivity contribution in [3.8, 4) is 0 Å². The summed E-state index contributed by atoms with van der Waals surface area (Å²) in [5, 5.41) is 20.8. The number of hydrogen-bond donors (Lipinski definition) is 2. The number of fused-ring (bicyclic) bond motifs is 2. The van der Waals surface area contributed by atoms with E-state index in [1.807, 2.05) is 24.3 Å². The standard InChI is InChI=1S/C25H31F3N2O3S/c1-2-33-24(23(32)9-10-29-11-13-30(14-12-29)15-16-31)19-5-3-4-6-21(19)34-22-8-7-18(17-20(22)24)25(26,27)28/h3-8,17,23,31-32H,2,9-16H2,1H3. The van der Waals surface area contributed by atoms with Crippen LogP contribution in [0, 0.1) is 0 Å². The molecule has 0 spiro atoms. The number of ether oxygens (including phenoxy) is 1. The van der Waals surface area contributed by atoms with E-state index >= 15 is 0 Å². The average Bonchev–Trinajstić information content (AvgIpc) is 2.82. The third-order valence-corrected chi connectivity index (χ3v) is 7.81. The predicted molar refractivity (Wildman–Crippen MR) is 125 cm³/mol. The van der Waals surface area contributed by atoms with E-state index in [4.69, 9.17) is 9.84 Å². The maximum Gasteiger partial charge on any atom is 0.416 e. The molecule has 2 aromatic carbocycles. The molecular formula is C25H31F3N2O3S. The molecule has 1 fully saturated rings. The van der Waals surface area contributed by atoms with E-state index in [9.17, 15) is 18.3 Å². The first kappa shape index (κ1) is 25.5. The van der Waals surface area contributed by atoms with Crippen molar-refractivity contribution in [1.29, 1.82) is 0 Å². The summed E-state index contributed by atoms with van der Waals surface area (Å²) < 4.78 is 47.2. The second-order valence-electron chi connectivity index (χ2n) is 8.69. The number of hydrogen-bond acceptors (Lipinski definition) is 6. The van der Waals surface area contributed by atoms with Crippen LogP contribution in [0.5, 0.6) is 0 Å². The van der Waals surface area contributed by atoms with Crippen LogP contribution in [0.3, 0.4) is 0 Å². The van der Waals surface area contributed by atoms with E-state index in [0.29, 0.717) is 35.5 Å². The number of piperazine rings is 1. The molecule has 1 saturated heterocycles. The quantitative estimate of drug-likeness (QED) is 0.580. The Balaban J connectivity index is 1.66. The van der Waals surface area contributed by atoms with Crippen LogP contribution in [-0.2, 0) is 16.5 Å². The van der Waals surface area contributed by atoms with E-state index in [2.05, 4.69) is 9.80 Å². The Hall–Kier alpha value is -1.62. The normalized spacial score (nSPS) is 22.3. The summed E-state index contributed by atoms with van der Waals surface area (Å²) in [5.74, 6) is 0. The third-order valence-electron chi connectivity index (χ3n) is 6.66. The highest BCUT2D eigenvalue weighted by Gasteiger charge is 2.48. The number of benzene rings is 2. The molecule has 4 rings (SSSR count). The molecule has 2 aliphatic rings. The van der Waals surface area contributed by atoms with Crippen molar-refractivity contribution in [3.63, 3.8) is 0 Å². The number of aliphatic hydroxyl groups is 2. The molecule has 2 atom stereocenters. The minimum absolute atomic E-state index is 0.131. The lowest BCUT2D eigenvalue weighted by Crippen LogP contribution is -2.50. The van der Waals surface area contributed by atoms with Gasteiger partial charge >= 0.3 is 6.18 Å². The molecule has 0 bridgehead atoms. The zero-order chi connectivity index (χ0) is 24.3. The maximum atomic E-state index is 13.6. The number of rotatable bonds is 8. The van der Waals surface area contributed by atoms with Crippen molar-refractivity contribution in [3.05, 3.63) is 59.2 Å². The third kappa shape index (κ3) is 5.01. The molecule has 0 radical (unpaired) electrons. The van der Waals surface area contributed by atoms with Gasteiger partial charge in [-0.25, -0.2) is 0 Å². The summed E-state index contributed by atoms with van der Waals surface area (Å²) in [6.45, 7) is 6.73. The monoisotopic (exact) mass is 496 g/mol. The molecule has 0 aromatic heterocycles. The lowest BCUT2D eigenvalue weighted by molar-refractivity contribution is -0.138. The van der Waals surface area contributed by atoms with Gasteiger partial charge in [0.05, 0.1) is 18.3 Å². The summed E-state index contributed by atoms with van der Waals surface area (Å²) in [5.41, 5.74) is -1.06. The van der Waals surface area contributed by atoms with Gasteiger partial charge in [-0.3, -0.25) is 4.90 Å². The Morgan fingerprint density at radius 2 is 1.65 bits per heavy atom. The van der Waals surface area contributed by atoms with Gasteiger partial charge in [-0.15, -0.1) is 0 Å². The Morgan fingerprint density at radius 1 is 1.00 bits per heavy atom. The highest BCUT2D eigenvalue weighted by atomic mass is 32.2. The van der Waals surface area contributed by atoms with Crippen molar-refractivity contribution >= 4 is 11.8 Å². The minimum Gasteiger partial charge on any atom is -0.395 e. The molecule has 9 heteroatoms. The highest BCUT2D eigenvalue weighted by Crippen LogP contribution is 2.53. The second-order valence-corrected chi connectivity index (χ2v) is 9.77. The van der Waals surface area contributed by atoms with E-state index in [0.717, 1.165) is 43.2 Å². The van der Waals surface area contributed by atoms with E-state index in [-0.39, 0.29) is 13.2 Å². The summed E-state index contributed by atoms with van der Waals surface area (Å²) in [6, 6.07) is 11.2. The number of nitrogens with zero attached hydrogens (tertiary/aromatic N) is 2. The van der Waals surface area contributed by atoms with Crippen LogP contribution in [-0.4, -0.2) is 78.6 Å². The van der Waals surface area contributed by atoms with Crippen LogP contribution < -0.4 is 0 Å². The molecule has 2 N–H and O–H groups in total. The van der Waals surface area contributed by atoms with Gasteiger partial charge in [-0.2, -0.15) is 13.2 Å². The van der Waals surface area contributed by atoms with Crippen molar-refractivity contribution in [2.75, 3.05) is 52.5 Å². The van der Waals surface area contributed by atoms with Crippen molar-refractivity contribution in [2.24, 2.45) is 0 Å².